The van der Waals surface area contributed by atoms with Crippen LogP contribution >= 0.6 is 38.5 Å². The highest BCUT2D eigenvalue weighted by molar-refractivity contribution is 14.1. The molecule has 1 nitrogen and oxygen atoms in total. The second kappa shape index (κ2) is 8.03. The van der Waals surface area contributed by atoms with Gasteiger partial charge in [0.25, 0.3) is 0 Å². The summed E-state index contributed by atoms with van der Waals surface area (Å²) in [5, 5.41) is 1.01. The van der Waals surface area contributed by atoms with Crippen LogP contribution < -0.4 is 4.74 Å². The fourth-order valence-corrected chi connectivity index (χ4v) is 3.09. The van der Waals surface area contributed by atoms with Crippen LogP contribution in [0.15, 0.2) is 48.5 Å². The van der Waals surface area contributed by atoms with Gasteiger partial charge in [0.15, 0.2) is 0 Å². The predicted octanol–water partition coefficient (Wildman–Crippen LogP) is 5.10. The first kappa shape index (κ1) is 15.8. The van der Waals surface area contributed by atoms with Gasteiger partial charge in [-0.3, -0.25) is 0 Å². The molecule has 2 rings (SSSR count). The van der Waals surface area contributed by atoms with Gasteiger partial charge in [-0.25, -0.2) is 0 Å². The summed E-state index contributed by atoms with van der Waals surface area (Å²) in [4.78, 5) is 0. The maximum Gasteiger partial charge on any atom is 0.119 e. The largest absolute Gasteiger partial charge is 0.497 e. The first-order valence-corrected chi connectivity index (χ1v) is 8.84. The molecular formula is C17H18BrIO. The Morgan fingerprint density at radius 1 is 1.05 bits per heavy atom. The summed E-state index contributed by atoms with van der Waals surface area (Å²) in [7, 11) is 1.71. The molecule has 0 aliphatic carbocycles. The number of methoxy groups -OCH3 is 1. The van der Waals surface area contributed by atoms with Crippen LogP contribution in [0, 0.1) is 9.49 Å². The van der Waals surface area contributed by atoms with Crippen molar-refractivity contribution in [2.45, 2.75) is 12.8 Å². The van der Waals surface area contributed by atoms with Crippen LogP contribution in [0.3, 0.4) is 0 Å². The van der Waals surface area contributed by atoms with E-state index in [9.17, 15) is 0 Å². The normalized spacial score (nSPS) is 12.2. The van der Waals surface area contributed by atoms with Crippen molar-refractivity contribution in [3.05, 3.63) is 63.2 Å². The summed E-state index contributed by atoms with van der Waals surface area (Å²) in [5.41, 5.74) is 2.73. The van der Waals surface area contributed by atoms with E-state index in [1.165, 1.54) is 14.7 Å². The van der Waals surface area contributed by atoms with Crippen LogP contribution in [0.1, 0.15) is 11.1 Å². The number of ether oxygens (including phenoxy) is 1. The van der Waals surface area contributed by atoms with E-state index in [1.807, 2.05) is 6.07 Å². The highest BCUT2D eigenvalue weighted by Gasteiger charge is 2.10. The zero-order valence-corrected chi connectivity index (χ0v) is 15.2. The average Bonchev–Trinajstić information content (AvgIpc) is 2.49. The third-order valence-electron chi connectivity index (χ3n) is 3.31. The SMILES string of the molecule is COc1cccc(CC(CBr)Cc2ccc(I)cc2)c1. The molecule has 1 atom stereocenters. The van der Waals surface area contributed by atoms with Crippen LogP contribution in [-0.4, -0.2) is 12.4 Å². The van der Waals surface area contributed by atoms with Gasteiger partial charge in [-0.15, -0.1) is 0 Å². The Hall–Kier alpha value is -0.550. The summed E-state index contributed by atoms with van der Waals surface area (Å²) in [6.07, 6.45) is 2.16. The van der Waals surface area contributed by atoms with Gasteiger partial charge in [-0.1, -0.05) is 40.2 Å². The molecule has 0 spiro atoms. The highest BCUT2D eigenvalue weighted by Crippen LogP contribution is 2.20. The average molecular weight is 445 g/mol. The van der Waals surface area contributed by atoms with E-state index in [1.54, 1.807) is 7.11 Å². The minimum Gasteiger partial charge on any atom is -0.497 e. The molecule has 0 radical (unpaired) electrons. The monoisotopic (exact) mass is 444 g/mol. The molecule has 0 saturated carbocycles. The second-order valence-electron chi connectivity index (χ2n) is 4.91. The molecule has 0 saturated heterocycles. The fraction of sp³-hybridized carbons (Fsp3) is 0.294. The molecule has 20 heavy (non-hydrogen) atoms. The van der Waals surface area contributed by atoms with E-state index < -0.39 is 0 Å². The Labute approximate surface area is 143 Å². The van der Waals surface area contributed by atoms with Crippen molar-refractivity contribution < 1.29 is 4.74 Å². The maximum absolute atomic E-state index is 5.29. The van der Waals surface area contributed by atoms with Crippen molar-refractivity contribution in [2.24, 2.45) is 5.92 Å². The molecule has 3 heteroatoms. The Kier molecular flexibility index (Phi) is 6.36. The smallest absolute Gasteiger partial charge is 0.119 e. The van der Waals surface area contributed by atoms with E-state index in [4.69, 9.17) is 4.74 Å². The standard InChI is InChI=1S/C17H18BrIO/c1-20-17-4-2-3-14(11-17)10-15(12-18)9-13-5-7-16(19)8-6-13/h2-8,11,15H,9-10,12H2,1H3. The predicted molar refractivity (Wildman–Crippen MR) is 96.8 cm³/mol. The van der Waals surface area contributed by atoms with Crippen molar-refractivity contribution in [2.75, 3.05) is 12.4 Å². The van der Waals surface area contributed by atoms with Gasteiger partial charge in [0.05, 0.1) is 7.11 Å². The van der Waals surface area contributed by atoms with Crippen LogP contribution in [0.2, 0.25) is 0 Å². The van der Waals surface area contributed by atoms with E-state index in [0.29, 0.717) is 5.92 Å². The van der Waals surface area contributed by atoms with E-state index in [2.05, 4.69) is 81.0 Å². The van der Waals surface area contributed by atoms with E-state index in [-0.39, 0.29) is 0 Å². The van der Waals surface area contributed by atoms with Gasteiger partial charge in [0.1, 0.15) is 5.75 Å². The van der Waals surface area contributed by atoms with Crippen LogP contribution in [0.4, 0.5) is 0 Å². The third kappa shape index (κ3) is 4.77. The molecule has 0 N–H and O–H groups in total. The van der Waals surface area contributed by atoms with E-state index >= 15 is 0 Å². The number of halogens is 2. The van der Waals surface area contributed by atoms with Crippen LogP contribution in [0.25, 0.3) is 0 Å². The Balaban J connectivity index is 2.02. The van der Waals surface area contributed by atoms with Gasteiger partial charge >= 0.3 is 0 Å². The number of hydrogen-bond donors (Lipinski definition) is 0. The minimum absolute atomic E-state index is 0.599. The molecule has 0 bridgehead atoms. The Bertz CT molecular complexity index is 539. The van der Waals surface area contributed by atoms with Crippen molar-refractivity contribution >= 4 is 38.5 Å². The van der Waals surface area contributed by atoms with Crippen LogP contribution in [-0.2, 0) is 12.8 Å². The summed E-state index contributed by atoms with van der Waals surface area (Å²) in [6.45, 7) is 0. The zero-order chi connectivity index (χ0) is 14.4. The molecule has 1 unspecified atom stereocenters. The molecule has 0 aliphatic rings. The van der Waals surface area contributed by atoms with Crippen molar-refractivity contribution in [3.8, 4) is 5.75 Å². The van der Waals surface area contributed by atoms with Gasteiger partial charge in [0.2, 0.25) is 0 Å². The van der Waals surface area contributed by atoms with Crippen molar-refractivity contribution in [3.63, 3.8) is 0 Å². The molecule has 0 aromatic heterocycles. The first-order valence-electron chi connectivity index (χ1n) is 6.64. The summed E-state index contributed by atoms with van der Waals surface area (Å²) in [6, 6.07) is 17.2. The van der Waals surface area contributed by atoms with Gasteiger partial charge in [-0.2, -0.15) is 0 Å². The fourth-order valence-electron chi connectivity index (χ4n) is 2.27. The van der Waals surface area contributed by atoms with Crippen molar-refractivity contribution in [1.82, 2.24) is 0 Å². The van der Waals surface area contributed by atoms with Crippen molar-refractivity contribution in [1.29, 1.82) is 0 Å². The molecule has 2 aromatic carbocycles. The van der Waals surface area contributed by atoms with Gasteiger partial charge in [0, 0.05) is 8.90 Å². The lowest BCUT2D eigenvalue weighted by atomic mass is 9.94. The number of rotatable bonds is 6. The molecule has 106 valence electrons. The first-order chi connectivity index (χ1) is 9.71. The number of hydrogen-bond acceptors (Lipinski definition) is 1. The third-order valence-corrected chi connectivity index (χ3v) is 4.95. The zero-order valence-electron chi connectivity index (χ0n) is 11.5. The maximum atomic E-state index is 5.29. The summed E-state index contributed by atoms with van der Waals surface area (Å²) < 4.78 is 6.58. The molecular weight excluding hydrogens is 427 g/mol. The lowest BCUT2D eigenvalue weighted by molar-refractivity contribution is 0.414. The second-order valence-corrected chi connectivity index (χ2v) is 6.80. The quantitative estimate of drug-likeness (QED) is 0.445. The topological polar surface area (TPSA) is 9.23 Å². The lowest BCUT2D eigenvalue weighted by Crippen LogP contribution is -2.10. The molecule has 0 aliphatic heterocycles. The molecule has 0 amide bonds. The van der Waals surface area contributed by atoms with E-state index in [0.717, 1.165) is 23.9 Å². The molecule has 0 fully saturated rings. The molecule has 0 heterocycles. The summed E-state index contributed by atoms with van der Waals surface area (Å²) in [5.74, 6) is 1.53. The Morgan fingerprint density at radius 2 is 1.75 bits per heavy atom. The van der Waals surface area contributed by atoms with Gasteiger partial charge in [-0.05, 0) is 76.7 Å². The highest BCUT2D eigenvalue weighted by atomic mass is 127. The minimum atomic E-state index is 0.599. The lowest BCUT2D eigenvalue weighted by Gasteiger charge is -2.15. The number of benzene rings is 2. The van der Waals surface area contributed by atoms with Gasteiger partial charge < -0.3 is 4.74 Å². The van der Waals surface area contributed by atoms with Crippen LogP contribution in [0.5, 0.6) is 5.75 Å². The Morgan fingerprint density at radius 3 is 2.40 bits per heavy atom. The number of alkyl halides is 1. The summed E-state index contributed by atoms with van der Waals surface area (Å²) >= 11 is 5.99. The molecule has 2 aromatic rings.